The van der Waals surface area contributed by atoms with Gasteiger partial charge in [0.05, 0.1) is 17.3 Å². The Kier molecular flexibility index (Phi) is 5.96. The minimum Gasteiger partial charge on any atom is -0.497 e. The third kappa shape index (κ3) is 4.57. The van der Waals surface area contributed by atoms with E-state index in [9.17, 15) is 4.79 Å². The van der Waals surface area contributed by atoms with Gasteiger partial charge in [-0.15, -0.1) is 0 Å². The number of methoxy groups -OCH3 is 1. The smallest absolute Gasteiger partial charge is 0.266 e. The van der Waals surface area contributed by atoms with Gasteiger partial charge in [0, 0.05) is 6.07 Å². The van der Waals surface area contributed by atoms with E-state index in [1.54, 1.807) is 26.2 Å². The van der Waals surface area contributed by atoms with Crippen molar-refractivity contribution in [1.82, 2.24) is 4.98 Å². The van der Waals surface area contributed by atoms with Crippen molar-refractivity contribution >= 4 is 32.6 Å². The molecule has 2 aromatic carbocycles. The van der Waals surface area contributed by atoms with Crippen LogP contribution in [0.25, 0.3) is 10.2 Å². The second-order valence-electron chi connectivity index (χ2n) is 6.48. The first kappa shape index (κ1) is 19.2. The number of nitrogens with zero attached hydrogens (tertiary/aromatic N) is 1. The number of fused-ring (bicyclic) bond motifs is 1. The molecule has 1 aromatic heterocycles. The molecule has 0 saturated carbocycles. The monoisotopic (exact) mass is 384 g/mol. The summed E-state index contributed by atoms with van der Waals surface area (Å²) in [7, 11) is 1.59. The standard InChI is InChI=1S/C21H24N2O3S/c1-5-13(2)15-9-10-18-19(11-15)27-21(22-18)23-20(24)14(3)26-17-8-6-7-16(12-17)25-4/h6-14H,5H2,1-4H3,(H,22,23,24). The van der Waals surface area contributed by atoms with E-state index in [0.717, 1.165) is 16.6 Å². The first-order chi connectivity index (χ1) is 13.0. The van der Waals surface area contributed by atoms with Gasteiger partial charge in [-0.2, -0.15) is 0 Å². The van der Waals surface area contributed by atoms with E-state index >= 15 is 0 Å². The molecule has 3 rings (SSSR count). The molecule has 0 fully saturated rings. The largest absolute Gasteiger partial charge is 0.497 e. The van der Waals surface area contributed by atoms with Gasteiger partial charge in [-0.05, 0) is 49.1 Å². The lowest BCUT2D eigenvalue weighted by Gasteiger charge is -2.14. The molecule has 0 radical (unpaired) electrons. The molecule has 3 aromatic rings. The van der Waals surface area contributed by atoms with E-state index in [1.807, 2.05) is 18.2 Å². The van der Waals surface area contributed by atoms with E-state index in [1.165, 1.54) is 16.9 Å². The number of nitrogens with one attached hydrogen (secondary N) is 1. The molecule has 0 saturated heterocycles. The third-order valence-electron chi connectivity index (χ3n) is 4.55. The number of hydrogen-bond acceptors (Lipinski definition) is 5. The minimum absolute atomic E-state index is 0.237. The van der Waals surface area contributed by atoms with Crippen LogP contribution in [0.5, 0.6) is 11.5 Å². The Morgan fingerprint density at radius 1 is 1.19 bits per heavy atom. The summed E-state index contributed by atoms with van der Waals surface area (Å²) in [4.78, 5) is 17.0. The zero-order valence-electron chi connectivity index (χ0n) is 16.0. The summed E-state index contributed by atoms with van der Waals surface area (Å²) in [6, 6.07) is 13.5. The van der Waals surface area contributed by atoms with E-state index in [-0.39, 0.29) is 5.91 Å². The number of thiazole rings is 1. The molecule has 0 aliphatic carbocycles. The van der Waals surface area contributed by atoms with Crippen LogP contribution in [-0.4, -0.2) is 24.1 Å². The van der Waals surface area contributed by atoms with Crippen molar-refractivity contribution in [2.24, 2.45) is 0 Å². The Bertz CT molecular complexity index is 938. The summed E-state index contributed by atoms with van der Waals surface area (Å²) >= 11 is 1.48. The van der Waals surface area contributed by atoms with Crippen molar-refractivity contribution < 1.29 is 14.3 Å². The Balaban J connectivity index is 1.69. The Hall–Kier alpha value is -2.60. The van der Waals surface area contributed by atoms with Crippen LogP contribution in [0.3, 0.4) is 0 Å². The van der Waals surface area contributed by atoms with Crippen molar-refractivity contribution in [3.8, 4) is 11.5 Å². The van der Waals surface area contributed by atoms with Gasteiger partial charge >= 0.3 is 0 Å². The summed E-state index contributed by atoms with van der Waals surface area (Å²) in [6.07, 6.45) is 0.437. The highest BCUT2D eigenvalue weighted by molar-refractivity contribution is 7.22. The molecule has 0 spiro atoms. The van der Waals surface area contributed by atoms with Crippen LogP contribution in [0.1, 0.15) is 38.7 Å². The maximum Gasteiger partial charge on any atom is 0.266 e. The van der Waals surface area contributed by atoms with Gasteiger partial charge < -0.3 is 9.47 Å². The highest BCUT2D eigenvalue weighted by atomic mass is 32.1. The highest BCUT2D eigenvalue weighted by Gasteiger charge is 2.17. The molecule has 0 aliphatic rings. The quantitative estimate of drug-likeness (QED) is 0.606. The van der Waals surface area contributed by atoms with Crippen LogP contribution in [0.2, 0.25) is 0 Å². The van der Waals surface area contributed by atoms with Crippen LogP contribution in [0.15, 0.2) is 42.5 Å². The Labute approximate surface area is 163 Å². The van der Waals surface area contributed by atoms with Crippen LogP contribution in [0, 0.1) is 0 Å². The lowest BCUT2D eigenvalue weighted by Crippen LogP contribution is -2.30. The number of amides is 1. The van der Waals surface area contributed by atoms with Crippen molar-refractivity contribution in [2.75, 3.05) is 12.4 Å². The maximum atomic E-state index is 12.5. The number of carbonyl (C=O) groups excluding carboxylic acids is 1. The Morgan fingerprint density at radius 2 is 1.96 bits per heavy atom. The zero-order valence-corrected chi connectivity index (χ0v) is 16.8. The number of benzene rings is 2. The van der Waals surface area contributed by atoms with Crippen molar-refractivity contribution in [3.05, 3.63) is 48.0 Å². The number of rotatable bonds is 7. The van der Waals surface area contributed by atoms with Gasteiger partial charge in [0.1, 0.15) is 11.5 Å². The lowest BCUT2D eigenvalue weighted by molar-refractivity contribution is -0.122. The fourth-order valence-corrected chi connectivity index (χ4v) is 3.59. The molecule has 0 bridgehead atoms. The third-order valence-corrected chi connectivity index (χ3v) is 5.48. The molecule has 0 aliphatic heterocycles. The average Bonchev–Trinajstić information content (AvgIpc) is 3.08. The van der Waals surface area contributed by atoms with Gasteiger partial charge in [-0.25, -0.2) is 4.98 Å². The van der Waals surface area contributed by atoms with Gasteiger partial charge in [-0.3, -0.25) is 10.1 Å². The number of ether oxygens (including phenoxy) is 2. The average molecular weight is 385 g/mol. The van der Waals surface area contributed by atoms with Crippen molar-refractivity contribution in [3.63, 3.8) is 0 Å². The first-order valence-corrected chi connectivity index (χ1v) is 9.84. The van der Waals surface area contributed by atoms with Crippen LogP contribution < -0.4 is 14.8 Å². The van der Waals surface area contributed by atoms with Gasteiger partial charge in [0.15, 0.2) is 11.2 Å². The molecule has 6 heteroatoms. The number of carbonyl (C=O) groups is 1. The first-order valence-electron chi connectivity index (χ1n) is 9.02. The minimum atomic E-state index is -0.653. The fourth-order valence-electron chi connectivity index (χ4n) is 2.68. The van der Waals surface area contributed by atoms with Gasteiger partial charge in [0.25, 0.3) is 5.91 Å². The van der Waals surface area contributed by atoms with Crippen LogP contribution >= 0.6 is 11.3 Å². The van der Waals surface area contributed by atoms with Crippen molar-refractivity contribution in [1.29, 1.82) is 0 Å². The molecule has 1 amide bonds. The normalized spacial score (nSPS) is 13.2. The molecule has 142 valence electrons. The summed E-state index contributed by atoms with van der Waals surface area (Å²) in [5.41, 5.74) is 2.19. The molecule has 27 heavy (non-hydrogen) atoms. The van der Waals surface area contributed by atoms with Crippen molar-refractivity contribution in [2.45, 2.75) is 39.2 Å². The predicted octanol–water partition coefficient (Wildman–Crippen LogP) is 5.22. The molecule has 5 nitrogen and oxygen atoms in total. The lowest BCUT2D eigenvalue weighted by atomic mass is 9.99. The van der Waals surface area contributed by atoms with Crippen LogP contribution in [0.4, 0.5) is 5.13 Å². The molecule has 2 atom stereocenters. The predicted molar refractivity (Wildman–Crippen MR) is 110 cm³/mol. The van der Waals surface area contributed by atoms with Crippen LogP contribution in [-0.2, 0) is 4.79 Å². The fraction of sp³-hybridized carbons (Fsp3) is 0.333. The molecular weight excluding hydrogens is 360 g/mol. The van der Waals surface area contributed by atoms with E-state index in [0.29, 0.717) is 22.5 Å². The van der Waals surface area contributed by atoms with E-state index in [2.05, 4.69) is 36.3 Å². The SMILES string of the molecule is CCC(C)c1ccc2nc(NC(=O)C(C)Oc3cccc(OC)c3)sc2c1. The van der Waals surface area contributed by atoms with Gasteiger partial charge in [0.2, 0.25) is 0 Å². The number of anilines is 1. The van der Waals surface area contributed by atoms with Gasteiger partial charge in [-0.1, -0.05) is 37.3 Å². The highest BCUT2D eigenvalue weighted by Crippen LogP contribution is 2.30. The Morgan fingerprint density at radius 3 is 2.70 bits per heavy atom. The van der Waals surface area contributed by atoms with E-state index in [4.69, 9.17) is 9.47 Å². The molecular formula is C21H24N2O3S. The summed E-state index contributed by atoms with van der Waals surface area (Å²) < 4.78 is 12.0. The molecule has 2 unspecified atom stereocenters. The zero-order chi connectivity index (χ0) is 19.4. The second-order valence-corrected chi connectivity index (χ2v) is 7.51. The second kappa shape index (κ2) is 8.39. The summed E-state index contributed by atoms with van der Waals surface area (Å²) in [6.45, 7) is 6.10. The van der Waals surface area contributed by atoms with E-state index < -0.39 is 6.10 Å². The number of aromatic nitrogens is 1. The maximum absolute atomic E-state index is 12.5. The molecule has 1 heterocycles. The molecule has 1 N–H and O–H groups in total. The topological polar surface area (TPSA) is 60.5 Å². The number of hydrogen-bond donors (Lipinski definition) is 1. The summed E-state index contributed by atoms with van der Waals surface area (Å²) in [5, 5.41) is 3.44. The summed E-state index contributed by atoms with van der Waals surface area (Å²) in [5.74, 6) is 1.53.